The molecule has 0 spiro atoms. The summed E-state index contributed by atoms with van der Waals surface area (Å²) in [5, 5.41) is 4.13. The van der Waals surface area contributed by atoms with Crippen LogP contribution < -0.4 is 5.32 Å². The molecule has 0 aliphatic heterocycles. The second-order valence-corrected chi connectivity index (χ2v) is 7.46. The number of carbonyl (C=O) groups is 2. The highest BCUT2D eigenvalue weighted by atomic mass is 35.5. The minimum absolute atomic E-state index is 0.177. The van der Waals surface area contributed by atoms with Crippen LogP contribution >= 0.6 is 23.4 Å². The monoisotopic (exact) mass is 433 g/mol. The van der Waals surface area contributed by atoms with Crippen molar-refractivity contribution in [2.75, 3.05) is 31.9 Å². The molecule has 3 aromatic rings. The first-order chi connectivity index (χ1) is 14.0. The lowest BCUT2D eigenvalue weighted by Crippen LogP contribution is -2.15. The Morgan fingerprint density at radius 2 is 1.93 bits per heavy atom. The molecule has 0 saturated carbocycles. The van der Waals surface area contributed by atoms with E-state index in [0.717, 1.165) is 16.2 Å². The van der Waals surface area contributed by atoms with Crippen molar-refractivity contribution in [1.82, 2.24) is 9.55 Å². The van der Waals surface area contributed by atoms with Gasteiger partial charge in [-0.15, -0.1) is 0 Å². The molecule has 7 nitrogen and oxygen atoms in total. The summed E-state index contributed by atoms with van der Waals surface area (Å²) in [6, 6.07) is 12.0. The molecule has 3 rings (SSSR count). The van der Waals surface area contributed by atoms with Crippen LogP contribution in [0.4, 0.5) is 5.69 Å². The zero-order valence-electron chi connectivity index (χ0n) is 16.0. The van der Waals surface area contributed by atoms with Gasteiger partial charge in [0.25, 0.3) is 0 Å². The topological polar surface area (TPSA) is 82.5 Å². The van der Waals surface area contributed by atoms with E-state index in [1.165, 1.54) is 18.9 Å². The Morgan fingerprint density at radius 1 is 1.17 bits per heavy atom. The Hall–Kier alpha value is -2.55. The maximum atomic E-state index is 12.3. The third kappa shape index (κ3) is 5.29. The minimum atomic E-state index is -0.423. The number of rotatable bonds is 8. The Morgan fingerprint density at radius 3 is 2.62 bits per heavy atom. The van der Waals surface area contributed by atoms with Crippen LogP contribution in [0.1, 0.15) is 10.4 Å². The van der Waals surface area contributed by atoms with E-state index in [1.807, 2.05) is 16.7 Å². The molecule has 0 unspecified atom stereocenters. The zero-order chi connectivity index (χ0) is 20.8. The number of hydrogen-bond acceptors (Lipinski definition) is 6. The largest absolute Gasteiger partial charge is 0.465 e. The van der Waals surface area contributed by atoms with E-state index in [-0.39, 0.29) is 11.7 Å². The SMILES string of the molecule is COCCn1c(SCC(=O)Nc2ccc(C(=O)OC)cc2)nc2cc(Cl)ccc21. The lowest BCUT2D eigenvalue weighted by molar-refractivity contribution is -0.113. The number of benzene rings is 2. The number of imidazole rings is 1. The minimum Gasteiger partial charge on any atom is -0.465 e. The van der Waals surface area contributed by atoms with Crippen molar-refractivity contribution in [1.29, 1.82) is 0 Å². The molecule has 0 aliphatic rings. The van der Waals surface area contributed by atoms with E-state index >= 15 is 0 Å². The molecule has 0 atom stereocenters. The summed E-state index contributed by atoms with van der Waals surface area (Å²) < 4.78 is 11.9. The first kappa shape index (κ1) is 21.2. The van der Waals surface area contributed by atoms with Gasteiger partial charge in [0.15, 0.2) is 5.16 Å². The van der Waals surface area contributed by atoms with E-state index in [0.29, 0.717) is 29.4 Å². The summed E-state index contributed by atoms with van der Waals surface area (Å²) >= 11 is 7.40. The van der Waals surface area contributed by atoms with Crippen molar-refractivity contribution in [3.05, 3.63) is 53.1 Å². The fourth-order valence-electron chi connectivity index (χ4n) is 2.72. The van der Waals surface area contributed by atoms with E-state index in [2.05, 4.69) is 15.0 Å². The highest BCUT2D eigenvalue weighted by Crippen LogP contribution is 2.26. The number of carbonyl (C=O) groups excluding carboxylic acids is 2. The molecule has 1 amide bonds. The number of hydrogen-bond donors (Lipinski definition) is 1. The molecule has 0 aliphatic carbocycles. The molecule has 9 heteroatoms. The lowest BCUT2D eigenvalue weighted by Gasteiger charge is -2.09. The zero-order valence-corrected chi connectivity index (χ0v) is 17.5. The molecule has 0 radical (unpaired) electrons. The van der Waals surface area contributed by atoms with Crippen molar-refractivity contribution in [3.8, 4) is 0 Å². The first-order valence-corrected chi connectivity index (χ1v) is 10.1. The molecule has 0 saturated heterocycles. The summed E-state index contributed by atoms with van der Waals surface area (Å²) in [6.45, 7) is 1.15. The maximum Gasteiger partial charge on any atom is 0.337 e. The molecule has 152 valence electrons. The number of anilines is 1. The van der Waals surface area contributed by atoms with Crippen LogP contribution in [0.25, 0.3) is 11.0 Å². The summed E-state index contributed by atoms with van der Waals surface area (Å²) in [5.74, 6) is -0.416. The van der Waals surface area contributed by atoms with Crippen molar-refractivity contribution in [2.24, 2.45) is 0 Å². The molecule has 2 aromatic carbocycles. The van der Waals surface area contributed by atoms with Crippen molar-refractivity contribution in [2.45, 2.75) is 11.7 Å². The van der Waals surface area contributed by atoms with Crippen molar-refractivity contribution < 1.29 is 19.1 Å². The van der Waals surface area contributed by atoms with Gasteiger partial charge >= 0.3 is 5.97 Å². The van der Waals surface area contributed by atoms with E-state index in [4.69, 9.17) is 16.3 Å². The summed E-state index contributed by atoms with van der Waals surface area (Å²) in [6.07, 6.45) is 0. The van der Waals surface area contributed by atoms with E-state index < -0.39 is 5.97 Å². The number of halogens is 1. The third-order valence-corrected chi connectivity index (χ3v) is 5.33. The fraction of sp³-hybridized carbons (Fsp3) is 0.250. The standard InChI is InChI=1S/C20H20ClN3O4S/c1-27-10-9-24-17-8-5-14(21)11-16(17)23-20(24)29-12-18(25)22-15-6-3-13(4-7-15)19(26)28-2/h3-8,11H,9-10,12H2,1-2H3,(H,22,25). The fourth-order valence-corrected chi connectivity index (χ4v) is 3.73. The average molecular weight is 434 g/mol. The van der Waals surface area contributed by atoms with Crippen molar-refractivity contribution in [3.63, 3.8) is 0 Å². The quantitative estimate of drug-likeness (QED) is 0.429. The van der Waals surface area contributed by atoms with Crippen LogP contribution in [0.3, 0.4) is 0 Å². The maximum absolute atomic E-state index is 12.3. The van der Waals surface area contributed by atoms with Crippen molar-refractivity contribution >= 4 is 52.0 Å². The normalized spacial score (nSPS) is 10.9. The highest BCUT2D eigenvalue weighted by Gasteiger charge is 2.14. The number of aromatic nitrogens is 2. The second-order valence-electron chi connectivity index (χ2n) is 6.08. The number of methoxy groups -OCH3 is 2. The molecule has 29 heavy (non-hydrogen) atoms. The number of amides is 1. The van der Waals surface area contributed by atoms with Crippen LogP contribution in [0, 0.1) is 0 Å². The molecule has 1 aromatic heterocycles. The second kappa shape index (κ2) is 9.78. The summed E-state index contributed by atoms with van der Waals surface area (Å²) in [5.41, 5.74) is 2.73. The predicted octanol–water partition coefficient (Wildman–Crippen LogP) is 3.85. The summed E-state index contributed by atoms with van der Waals surface area (Å²) in [4.78, 5) is 28.4. The van der Waals surface area contributed by atoms with Gasteiger partial charge in [-0.05, 0) is 42.5 Å². The van der Waals surface area contributed by atoms with E-state index in [1.54, 1.807) is 37.4 Å². The molecule has 1 heterocycles. The van der Waals surface area contributed by atoms with Gasteiger partial charge in [-0.25, -0.2) is 9.78 Å². The number of nitrogens with zero attached hydrogens (tertiary/aromatic N) is 2. The van der Waals surface area contributed by atoms with Gasteiger partial charge in [0.1, 0.15) is 0 Å². The van der Waals surface area contributed by atoms with Gasteiger partial charge in [-0.3, -0.25) is 4.79 Å². The van der Waals surface area contributed by atoms with Gasteiger partial charge in [-0.1, -0.05) is 23.4 Å². The number of ether oxygens (including phenoxy) is 2. The van der Waals surface area contributed by atoms with Gasteiger partial charge in [-0.2, -0.15) is 0 Å². The summed E-state index contributed by atoms with van der Waals surface area (Å²) in [7, 11) is 2.96. The van der Waals surface area contributed by atoms with Gasteiger partial charge in [0.2, 0.25) is 5.91 Å². The van der Waals surface area contributed by atoms with Crippen LogP contribution in [-0.2, 0) is 20.8 Å². The number of thioether (sulfide) groups is 1. The Kier molecular flexibility index (Phi) is 7.13. The molecular weight excluding hydrogens is 414 g/mol. The van der Waals surface area contributed by atoms with Crippen LogP contribution in [-0.4, -0.2) is 48.0 Å². The van der Waals surface area contributed by atoms with Crippen LogP contribution in [0.5, 0.6) is 0 Å². The smallest absolute Gasteiger partial charge is 0.337 e. The van der Waals surface area contributed by atoms with Gasteiger partial charge < -0.3 is 19.4 Å². The van der Waals surface area contributed by atoms with Crippen LogP contribution in [0.15, 0.2) is 47.6 Å². The van der Waals surface area contributed by atoms with Gasteiger partial charge in [0, 0.05) is 24.4 Å². The number of esters is 1. The number of fused-ring (bicyclic) bond motifs is 1. The molecule has 0 bridgehead atoms. The average Bonchev–Trinajstić information content (AvgIpc) is 3.07. The van der Waals surface area contributed by atoms with Gasteiger partial charge in [0.05, 0.1) is 36.1 Å². The number of nitrogens with one attached hydrogen (secondary N) is 1. The van der Waals surface area contributed by atoms with Crippen LogP contribution in [0.2, 0.25) is 5.02 Å². The molecular formula is C20H20ClN3O4S. The lowest BCUT2D eigenvalue weighted by atomic mass is 10.2. The Balaban J connectivity index is 1.67. The Labute approximate surface area is 177 Å². The first-order valence-electron chi connectivity index (χ1n) is 8.77. The Bertz CT molecular complexity index is 1020. The predicted molar refractivity (Wildman–Crippen MR) is 114 cm³/mol. The highest BCUT2D eigenvalue weighted by molar-refractivity contribution is 7.99. The third-order valence-electron chi connectivity index (χ3n) is 4.12. The van der Waals surface area contributed by atoms with E-state index in [9.17, 15) is 9.59 Å². The molecule has 0 fully saturated rings. The molecule has 1 N–H and O–H groups in total.